The lowest BCUT2D eigenvalue weighted by molar-refractivity contribution is -0.154. The molecule has 3 heteroatoms. The van der Waals surface area contributed by atoms with Crippen molar-refractivity contribution in [2.24, 2.45) is 11.8 Å². The van der Waals surface area contributed by atoms with E-state index < -0.39 is 0 Å². The lowest BCUT2D eigenvalue weighted by Gasteiger charge is -1.95. The van der Waals surface area contributed by atoms with Crippen molar-refractivity contribution in [1.29, 1.82) is 0 Å². The maximum absolute atomic E-state index is 10.8. The van der Waals surface area contributed by atoms with E-state index in [1.807, 2.05) is 0 Å². The second-order valence-electron chi connectivity index (χ2n) is 2.88. The third-order valence-corrected chi connectivity index (χ3v) is 2.32. The van der Waals surface area contributed by atoms with Gasteiger partial charge in [0.1, 0.15) is 0 Å². The van der Waals surface area contributed by atoms with Gasteiger partial charge in [0.25, 0.3) is 0 Å². The molecule has 0 spiro atoms. The first kappa shape index (κ1) is 5.89. The van der Waals surface area contributed by atoms with Gasteiger partial charge in [-0.2, -0.15) is 0 Å². The Kier molecular flexibility index (Phi) is 1.07. The number of hydrogen-bond acceptors (Lipinski definition) is 3. The van der Waals surface area contributed by atoms with Gasteiger partial charge in [-0.05, 0) is 12.8 Å². The molecule has 1 aliphatic heterocycles. The van der Waals surface area contributed by atoms with E-state index in [-0.39, 0.29) is 23.8 Å². The molecule has 1 saturated carbocycles. The van der Waals surface area contributed by atoms with Crippen LogP contribution in [-0.4, -0.2) is 11.9 Å². The summed E-state index contributed by atoms with van der Waals surface area (Å²) in [6, 6.07) is 0. The fourth-order valence-electron chi connectivity index (χ4n) is 1.77. The fraction of sp³-hybridized carbons (Fsp3) is 0.714. The Morgan fingerprint density at radius 2 is 1.60 bits per heavy atom. The molecule has 0 bridgehead atoms. The van der Waals surface area contributed by atoms with Crippen molar-refractivity contribution in [3.05, 3.63) is 0 Å². The Labute approximate surface area is 58.4 Å². The molecule has 3 nitrogen and oxygen atoms in total. The lowest BCUT2D eigenvalue weighted by atomic mass is 10.00. The number of rotatable bonds is 0. The van der Waals surface area contributed by atoms with Gasteiger partial charge >= 0.3 is 11.9 Å². The largest absolute Gasteiger partial charge is 0.393 e. The molecule has 0 radical (unpaired) electrons. The molecule has 1 unspecified atom stereocenters. The topological polar surface area (TPSA) is 43.4 Å². The van der Waals surface area contributed by atoms with Gasteiger partial charge in [0.05, 0.1) is 11.8 Å². The number of fused-ring (bicyclic) bond motifs is 1. The van der Waals surface area contributed by atoms with Gasteiger partial charge in [-0.3, -0.25) is 9.59 Å². The normalized spacial score (nSPS) is 38.0. The van der Waals surface area contributed by atoms with Gasteiger partial charge in [0.2, 0.25) is 0 Å². The fourth-order valence-corrected chi connectivity index (χ4v) is 1.77. The minimum absolute atomic E-state index is 0.0903. The quantitative estimate of drug-likeness (QED) is 0.363. The zero-order valence-electron chi connectivity index (χ0n) is 5.50. The first-order chi connectivity index (χ1) is 4.79. The molecular formula is C7H8O3. The van der Waals surface area contributed by atoms with Crippen LogP contribution in [0.25, 0.3) is 0 Å². The highest BCUT2D eigenvalue weighted by Gasteiger charge is 2.46. The van der Waals surface area contributed by atoms with Crippen LogP contribution >= 0.6 is 0 Å². The molecule has 0 aromatic rings. The molecule has 2 atom stereocenters. The molecule has 2 fully saturated rings. The molecule has 2 aliphatic rings. The van der Waals surface area contributed by atoms with Crippen LogP contribution in [0.2, 0.25) is 0 Å². The molecule has 54 valence electrons. The van der Waals surface area contributed by atoms with Crippen molar-refractivity contribution < 1.29 is 14.3 Å². The van der Waals surface area contributed by atoms with E-state index in [1.165, 1.54) is 0 Å². The van der Waals surface area contributed by atoms with Gasteiger partial charge in [0.15, 0.2) is 0 Å². The third kappa shape index (κ3) is 0.602. The van der Waals surface area contributed by atoms with Crippen LogP contribution < -0.4 is 0 Å². The average Bonchev–Trinajstić information content (AvgIpc) is 2.39. The van der Waals surface area contributed by atoms with Crippen LogP contribution in [0.1, 0.15) is 19.3 Å². The molecule has 1 heterocycles. The van der Waals surface area contributed by atoms with Gasteiger partial charge in [0, 0.05) is 0 Å². The average molecular weight is 140 g/mol. The third-order valence-electron chi connectivity index (χ3n) is 2.32. The molecule has 0 aromatic heterocycles. The Hall–Kier alpha value is -0.860. The Bertz CT molecular complexity index is 177. The zero-order chi connectivity index (χ0) is 7.14. The Morgan fingerprint density at radius 1 is 1.10 bits per heavy atom. The van der Waals surface area contributed by atoms with E-state index in [0.29, 0.717) is 0 Å². The highest BCUT2D eigenvalue weighted by Crippen LogP contribution is 2.37. The molecule has 1 saturated heterocycles. The molecule has 0 aromatic carbocycles. The maximum atomic E-state index is 10.8. The van der Waals surface area contributed by atoms with E-state index in [0.717, 1.165) is 19.3 Å². The highest BCUT2D eigenvalue weighted by atomic mass is 16.6. The lowest BCUT2D eigenvalue weighted by Crippen LogP contribution is -2.09. The van der Waals surface area contributed by atoms with Gasteiger partial charge in [-0.1, -0.05) is 6.42 Å². The summed E-state index contributed by atoms with van der Waals surface area (Å²) in [4.78, 5) is 21.6. The molecule has 0 N–H and O–H groups in total. The number of ether oxygens (including phenoxy) is 1. The van der Waals surface area contributed by atoms with Gasteiger partial charge < -0.3 is 4.74 Å². The summed E-state index contributed by atoms with van der Waals surface area (Å²) < 4.78 is 4.45. The van der Waals surface area contributed by atoms with E-state index in [1.54, 1.807) is 0 Å². The van der Waals surface area contributed by atoms with E-state index in [4.69, 9.17) is 0 Å². The van der Waals surface area contributed by atoms with E-state index >= 15 is 0 Å². The molecule has 0 amide bonds. The van der Waals surface area contributed by atoms with Crippen LogP contribution in [0.3, 0.4) is 0 Å². The number of esters is 2. The number of carbonyl (C=O) groups excluding carboxylic acids is 2. The second kappa shape index (κ2) is 1.81. The standard InChI is InChI=1S/C7H8O3/c8-6-4-2-1-3-5(4)7(9)10-6/h4-5H,1-3H2/t4-,5?/m0/s1. The Balaban J connectivity index is 2.27. The minimum Gasteiger partial charge on any atom is -0.393 e. The summed E-state index contributed by atoms with van der Waals surface area (Å²) in [5, 5.41) is 0. The molecular weight excluding hydrogens is 132 g/mol. The second-order valence-corrected chi connectivity index (χ2v) is 2.88. The first-order valence-electron chi connectivity index (χ1n) is 3.54. The smallest absolute Gasteiger partial charge is 0.317 e. The van der Waals surface area contributed by atoms with Crippen molar-refractivity contribution in [2.75, 3.05) is 0 Å². The first-order valence-corrected chi connectivity index (χ1v) is 3.54. The predicted molar refractivity (Wildman–Crippen MR) is 31.9 cm³/mol. The van der Waals surface area contributed by atoms with Crippen LogP contribution in [-0.2, 0) is 14.3 Å². The van der Waals surface area contributed by atoms with Crippen LogP contribution in [0.15, 0.2) is 0 Å². The van der Waals surface area contributed by atoms with Crippen molar-refractivity contribution in [2.45, 2.75) is 19.3 Å². The summed E-state index contributed by atoms with van der Waals surface area (Å²) in [6.45, 7) is 0. The van der Waals surface area contributed by atoms with Gasteiger partial charge in [-0.25, -0.2) is 0 Å². The SMILES string of the molecule is O=C1OC(=O)[C@H]2CCCC12. The summed E-state index contributed by atoms with van der Waals surface area (Å²) in [5.74, 6) is -0.778. The van der Waals surface area contributed by atoms with Crippen LogP contribution in [0, 0.1) is 11.8 Å². The highest BCUT2D eigenvalue weighted by molar-refractivity contribution is 5.96. The zero-order valence-corrected chi connectivity index (χ0v) is 5.50. The van der Waals surface area contributed by atoms with Gasteiger partial charge in [-0.15, -0.1) is 0 Å². The van der Waals surface area contributed by atoms with E-state index in [2.05, 4.69) is 4.74 Å². The number of cyclic esters (lactones) is 2. The summed E-state index contributed by atoms with van der Waals surface area (Å²) >= 11 is 0. The monoisotopic (exact) mass is 140 g/mol. The predicted octanol–water partition coefficient (Wildman–Crippen LogP) is 0.486. The van der Waals surface area contributed by atoms with Crippen LogP contribution in [0.5, 0.6) is 0 Å². The summed E-state index contributed by atoms with van der Waals surface area (Å²) in [5.41, 5.74) is 0. The van der Waals surface area contributed by atoms with Crippen molar-refractivity contribution >= 4 is 11.9 Å². The summed E-state index contributed by atoms with van der Waals surface area (Å²) in [6.07, 6.45) is 2.68. The minimum atomic E-state index is -0.299. The maximum Gasteiger partial charge on any atom is 0.317 e. The van der Waals surface area contributed by atoms with Crippen molar-refractivity contribution in [3.63, 3.8) is 0 Å². The van der Waals surface area contributed by atoms with Crippen molar-refractivity contribution in [3.8, 4) is 0 Å². The number of carbonyl (C=O) groups is 2. The molecule has 10 heavy (non-hydrogen) atoms. The summed E-state index contributed by atoms with van der Waals surface area (Å²) in [7, 11) is 0. The van der Waals surface area contributed by atoms with Crippen molar-refractivity contribution in [1.82, 2.24) is 0 Å². The van der Waals surface area contributed by atoms with Crippen LogP contribution in [0.4, 0.5) is 0 Å². The Morgan fingerprint density at radius 3 is 2.10 bits per heavy atom. The molecule has 2 rings (SSSR count). The van der Waals surface area contributed by atoms with E-state index in [9.17, 15) is 9.59 Å². The number of hydrogen-bond donors (Lipinski definition) is 0. The molecule has 1 aliphatic carbocycles.